The number of hydrogen-bond donors (Lipinski definition) is 0. The minimum absolute atomic E-state index is 0.0523. The van der Waals surface area contributed by atoms with Crippen LogP contribution in [0.4, 0.5) is 0 Å². The molecule has 0 heterocycles. The zero-order valence-corrected chi connectivity index (χ0v) is 11.7. The van der Waals surface area contributed by atoms with Gasteiger partial charge in [0.2, 0.25) is 0 Å². The van der Waals surface area contributed by atoms with Gasteiger partial charge in [-0.3, -0.25) is 4.79 Å². The van der Waals surface area contributed by atoms with E-state index in [1.165, 1.54) is 0 Å². The summed E-state index contributed by atoms with van der Waals surface area (Å²) in [5, 5.41) is 0.828. The molecule has 0 aliphatic carbocycles. The molecule has 0 aromatic heterocycles. The molecule has 1 aromatic carbocycles. The Morgan fingerprint density at radius 3 is 2.24 bits per heavy atom. The van der Waals surface area contributed by atoms with Crippen LogP contribution in [0, 0.1) is 0 Å². The first-order valence-electron chi connectivity index (χ1n) is 5.55. The maximum absolute atomic E-state index is 12.4. The lowest BCUT2D eigenvalue weighted by molar-refractivity contribution is -0.00261. The van der Waals surface area contributed by atoms with Crippen molar-refractivity contribution in [2.24, 2.45) is 0 Å². The van der Waals surface area contributed by atoms with Gasteiger partial charge in [0.25, 0.3) is 0 Å². The van der Waals surface area contributed by atoms with Crippen molar-refractivity contribution in [1.29, 1.82) is 0 Å². The van der Waals surface area contributed by atoms with Crippen molar-refractivity contribution in [1.82, 2.24) is 0 Å². The molecule has 17 heavy (non-hydrogen) atoms. The SMILES string of the molecule is CCC(CC)(OC)C(=O)c1ccc(Cl)c(Cl)c1. The first-order chi connectivity index (χ1) is 8.00. The number of carbonyl (C=O) groups excluding carboxylic acids is 1. The molecule has 0 atom stereocenters. The largest absolute Gasteiger partial charge is 0.370 e. The van der Waals surface area contributed by atoms with Crippen molar-refractivity contribution in [2.75, 3.05) is 7.11 Å². The van der Waals surface area contributed by atoms with Crippen molar-refractivity contribution in [3.05, 3.63) is 33.8 Å². The second-order valence-corrected chi connectivity index (χ2v) is 4.68. The summed E-state index contributed by atoms with van der Waals surface area (Å²) in [5.41, 5.74) is -0.234. The van der Waals surface area contributed by atoms with Crippen LogP contribution in [0.3, 0.4) is 0 Å². The average Bonchev–Trinajstić information content (AvgIpc) is 2.35. The number of carbonyl (C=O) groups is 1. The molecular formula is C13H16Cl2O2. The average molecular weight is 275 g/mol. The Morgan fingerprint density at radius 1 is 1.24 bits per heavy atom. The van der Waals surface area contributed by atoms with Gasteiger partial charge in [0.05, 0.1) is 10.0 Å². The molecule has 0 amide bonds. The van der Waals surface area contributed by atoms with Crippen molar-refractivity contribution in [3.8, 4) is 0 Å². The van der Waals surface area contributed by atoms with Gasteiger partial charge in [-0.15, -0.1) is 0 Å². The Hall–Kier alpha value is -0.570. The fourth-order valence-corrected chi connectivity index (χ4v) is 2.15. The molecule has 0 spiro atoms. The van der Waals surface area contributed by atoms with Gasteiger partial charge in [0.15, 0.2) is 5.78 Å². The van der Waals surface area contributed by atoms with E-state index in [1.54, 1.807) is 25.3 Å². The maximum atomic E-state index is 12.4. The van der Waals surface area contributed by atoms with E-state index in [4.69, 9.17) is 27.9 Å². The molecule has 0 fully saturated rings. The topological polar surface area (TPSA) is 26.3 Å². The van der Waals surface area contributed by atoms with E-state index >= 15 is 0 Å². The summed E-state index contributed by atoms with van der Waals surface area (Å²) in [6.45, 7) is 3.87. The van der Waals surface area contributed by atoms with Crippen LogP contribution in [0.1, 0.15) is 37.0 Å². The Balaban J connectivity index is 3.14. The number of halogens is 2. The first-order valence-corrected chi connectivity index (χ1v) is 6.31. The Morgan fingerprint density at radius 2 is 1.82 bits per heavy atom. The number of rotatable bonds is 5. The third kappa shape index (κ3) is 2.82. The third-order valence-corrected chi connectivity index (χ3v) is 3.87. The van der Waals surface area contributed by atoms with E-state index in [0.29, 0.717) is 28.5 Å². The summed E-state index contributed by atoms with van der Waals surface area (Å²) in [7, 11) is 1.56. The summed E-state index contributed by atoms with van der Waals surface area (Å²) in [5.74, 6) is -0.0523. The van der Waals surface area contributed by atoms with Crippen molar-refractivity contribution < 1.29 is 9.53 Å². The molecule has 0 bridgehead atoms. The second kappa shape index (κ2) is 5.85. The van der Waals surface area contributed by atoms with Gasteiger partial charge in [0.1, 0.15) is 5.60 Å². The smallest absolute Gasteiger partial charge is 0.194 e. The highest BCUT2D eigenvalue weighted by Crippen LogP contribution is 2.28. The Bertz CT molecular complexity index is 404. The molecule has 0 aliphatic heterocycles. The highest BCUT2D eigenvalue weighted by atomic mass is 35.5. The number of ether oxygens (including phenoxy) is 1. The van der Waals surface area contributed by atoms with E-state index in [-0.39, 0.29) is 5.78 Å². The van der Waals surface area contributed by atoms with Crippen molar-refractivity contribution in [3.63, 3.8) is 0 Å². The summed E-state index contributed by atoms with van der Waals surface area (Å²) in [4.78, 5) is 12.4. The molecule has 4 heteroatoms. The molecule has 0 aliphatic rings. The van der Waals surface area contributed by atoms with Crippen LogP contribution in [0.2, 0.25) is 10.0 Å². The van der Waals surface area contributed by atoms with Gasteiger partial charge in [-0.05, 0) is 31.0 Å². The number of methoxy groups -OCH3 is 1. The molecule has 0 saturated carbocycles. The molecule has 94 valence electrons. The Labute approximate surface area is 112 Å². The molecular weight excluding hydrogens is 259 g/mol. The molecule has 0 N–H and O–H groups in total. The van der Waals surface area contributed by atoms with Crippen molar-refractivity contribution in [2.45, 2.75) is 32.3 Å². The zero-order valence-electron chi connectivity index (χ0n) is 10.2. The van der Waals surface area contributed by atoms with Gasteiger partial charge in [0, 0.05) is 12.7 Å². The number of benzene rings is 1. The van der Waals surface area contributed by atoms with E-state index < -0.39 is 5.60 Å². The lowest BCUT2D eigenvalue weighted by Crippen LogP contribution is -2.39. The van der Waals surface area contributed by atoms with Gasteiger partial charge >= 0.3 is 0 Å². The van der Waals surface area contributed by atoms with E-state index in [1.807, 2.05) is 13.8 Å². The summed E-state index contributed by atoms with van der Waals surface area (Å²) >= 11 is 11.7. The predicted octanol–water partition coefficient (Wildman–Crippen LogP) is 4.38. The van der Waals surface area contributed by atoms with Crippen LogP contribution in [0.5, 0.6) is 0 Å². The molecule has 0 radical (unpaired) electrons. The standard InChI is InChI=1S/C13H16Cl2O2/c1-4-13(5-2,17-3)12(16)9-6-7-10(14)11(15)8-9/h6-8H,4-5H2,1-3H3. The van der Waals surface area contributed by atoms with Gasteiger partial charge in [-0.25, -0.2) is 0 Å². The van der Waals surface area contributed by atoms with Gasteiger partial charge in [-0.1, -0.05) is 37.0 Å². The summed E-state index contributed by atoms with van der Waals surface area (Å²) in [6, 6.07) is 4.89. The highest BCUT2D eigenvalue weighted by Gasteiger charge is 2.35. The van der Waals surface area contributed by atoms with E-state index in [2.05, 4.69) is 0 Å². The van der Waals surface area contributed by atoms with Crippen LogP contribution in [0.25, 0.3) is 0 Å². The zero-order chi connectivity index (χ0) is 13.1. The predicted molar refractivity (Wildman–Crippen MR) is 71.1 cm³/mol. The van der Waals surface area contributed by atoms with E-state index in [9.17, 15) is 4.79 Å². The lowest BCUT2D eigenvalue weighted by atomic mass is 9.88. The molecule has 2 nitrogen and oxygen atoms in total. The number of Topliss-reactive ketones (excluding diaryl/α,β-unsaturated/α-hetero) is 1. The molecule has 0 saturated heterocycles. The normalized spacial score (nSPS) is 11.6. The fraction of sp³-hybridized carbons (Fsp3) is 0.462. The molecule has 1 aromatic rings. The summed E-state index contributed by atoms with van der Waals surface area (Å²) in [6.07, 6.45) is 1.25. The first kappa shape index (κ1) is 14.5. The number of hydrogen-bond acceptors (Lipinski definition) is 2. The second-order valence-electron chi connectivity index (χ2n) is 3.86. The van der Waals surface area contributed by atoms with Crippen molar-refractivity contribution >= 4 is 29.0 Å². The lowest BCUT2D eigenvalue weighted by Gasteiger charge is -2.28. The van der Waals surface area contributed by atoms with Crippen LogP contribution < -0.4 is 0 Å². The van der Waals surface area contributed by atoms with Gasteiger partial charge in [-0.2, -0.15) is 0 Å². The highest BCUT2D eigenvalue weighted by molar-refractivity contribution is 6.42. The van der Waals surface area contributed by atoms with E-state index in [0.717, 1.165) is 0 Å². The Kier molecular flexibility index (Phi) is 4.99. The van der Waals surface area contributed by atoms with Crippen LogP contribution in [-0.2, 0) is 4.74 Å². The minimum Gasteiger partial charge on any atom is -0.370 e. The van der Waals surface area contributed by atoms with Crippen LogP contribution in [0.15, 0.2) is 18.2 Å². The summed E-state index contributed by atoms with van der Waals surface area (Å²) < 4.78 is 5.40. The molecule has 0 unspecified atom stereocenters. The maximum Gasteiger partial charge on any atom is 0.194 e. The fourth-order valence-electron chi connectivity index (χ4n) is 1.85. The monoisotopic (exact) mass is 274 g/mol. The third-order valence-electron chi connectivity index (χ3n) is 3.13. The van der Waals surface area contributed by atoms with Crippen LogP contribution >= 0.6 is 23.2 Å². The minimum atomic E-state index is -0.767. The molecule has 1 rings (SSSR count). The van der Waals surface area contributed by atoms with Crippen LogP contribution in [-0.4, -0.2) is 18.5 Å². The van der Waals surface area contributed by atoms with Gasteiger partial charge < -0.3 is 4.74 Å². The number of ketones is 1. The quantitative estimate of drug-likeness (QED) is 0.745.